The number of halogens is 1. The van der Waals surface area contributed by atoms with E-state index in [2.05, 4.69) is 19.7 Å². The van der Waals surface area contributed by atoms with Crippen LogP contribution < -0.4 is 5.32 Å². The minimum atomic E-state index is -3.60. The fraction of sp³-hybridized carbons (Fsp3) is 0.136. The number of imidazole rings is 1. The van der Waals surface area contributed by atoms with Crippen molar-refractivity contribution in [2.75, 3.05) is 17.6 Å². The number of rotatable bonds is 4. The van der Waals surface area contributed by atoms with Gasteiger partial charge in [0.15, 0.2) is 5.84 Å². The second-order valence-corrected chi connectivity index (χ2v) is 9.21. The summed E-state index contributed by atoms with van der Waals surface area (Å²) in [5, 5.41) is 2.78. The quantitative estimate of drug-likeness (QED) is 0.634. The van der Waals surface area contributed by atoms with E-state index < -0.39 is 15.9 Å². The van der Waals surface area contributed by atoms with E-state index in [0.29, 0.717) is 34.5 Å². The second kappa shape index (κ2) is 7.72. The molecule has 0 fully saturated rings. The first-order valence-corrected chi connectivity index (χ1v) is 11.5. The predicted octanol–water partition coefficient (Wildman–Crippen LogP) is 2.73. The zero-order valence-corrected chi connectivity index (χ0v) is 17.6. The van der Waals surface area contributed by atoms with Gasteiger partial charge in [-0.1, -0.05) is 18.2 Å². The molecule has 0 spiro atoms. The lowest BCUT2D eigenvalue weighted by atomic mass is 10.1. The van der Waals surface area contributed by atoms with Gasteiger partial charge in [0.25, 0.3) is 15.9 Å². The molecule has 2 N–H and O–H groups in total. The van der Waals surface area contributed by atoms with Crippen LogP contribution in [0.5, 0.6) is 0 Å². The highest BCUT2D eigenvalue weighted by molar-refractivity contribution is 7.90. The predicted molar refractivity (Wildman–Crippen MR) is 119 cm³/mol. The second-order valence-electron chi connectivity index (χ2n) is 7.45. The molecule has 0 saturated carbocycles. The van der Waals surface area contributed by atoms with Crippen molar-refractivity contribution in [1.82, 2.24) is 14.9 Å². The molecule has 3 aromatic rings. The fourth-order valence-electron chi connectivity index (χ4n) is 3.64. The van der Waals surface area contributed by atoms with Gasteiger partial charge in [0.1, 0.15) is 11.6 Å². The van der Waals surface area contributed by atoms with E-state index >= 15 is 0 Å². The number of hydrogen-bond acceptors (Lipinski definition) is 5. The summed E-state index contributed by atoms with van der Waals surface area (Å²) < 4.78 is 41.5. The van der Waals surface area contributed by atoms with Crippen LogP contribution in [0, 0.1) is 5.82 Å². The van der Waals surface area contributed by atoms with Crippen LogP contribution in [-0.4, -0.2) is 47.3 Å². The number of benzene rings is 2. The minimum absolute atomic E-state index is 0.0958. The Hall–Kier alpha value is -3.79. The van der Waals surface area contributed by atoms with E-state index in [4.69, 9.17) is 0 Å². The van der Waals surface area contributed by atoms with E-state index in [1.54, 1.807) is 53.6 Å². The summed E-state index contributed by atoms with van der Waals surface area (Å²) in [4.78, 5) is 22.1. The van der Waals surface area contributed by atoms with Gasteiger partial charge in [-0.05, 0) is 42.0 Å². The molecule has 1 amide bonds. The van der Waals surface area contributed by atoms with Gasteiger partial charge >= 0.3 is 0 Å². The highest BCUT2D eigenvalue weighted by Gasteiger charge is 2.30. The van der Waals surface area contributed by atoms with Crippen LogP contribution in [0.1, 0.15) is 11.4 Å². The summed E-state index contributed by atoms with van der Waals surface area (Å²) in [6.45, 7) is 0.243. The number of amides is 1. The number of aromatic nitrogens is 2. The standard InChI is InChI=1S/C22H18FN5O3S/c23-17-6-2-1-4-14(17)12-20-25-18-8-7-15(13-19(18)26-20)24-22(29)16-5-3-9-28-10-11-32(30,31)27-21(16)28/h1-9,13H,10-12H2,(H,24,29)(H,25,26). The zero-order chi connectivity index (χ0) is 22.3. The number of carbonyl (C=O) groups is 1. The van der Waals surface area contributed by atoms with Gasteiger partial charge in [0, 0.05) is 24.9 Å². The molecule has 3 heterocycles. The maximum atomic E-state index is 13.9. The third-order valence-electron chi connectivity index (χ3n) is 5.21. The fourth-order valence-corrected chi connectivity index (χ4v) is 4.62. The lowest BCUT2D eigenvalue weighted by molar-refractivity contribution is -0.112. The van der Waals surface area contributed by atoms with E-state index in [-0.39, 0.29) is 29.5 Å². The van der Waals surface area contributed by atoms with Crippen LogP contribution >= 0.6 is 0 Å². The van der Waals surface area contributed by atoms with Crippen LogP contribution in [0.2, 0.25) is 0 Å². The van der Waals surface area contributed by atoms with Gasteiger partial charge < -0.3 is 15.2 Å². The normalized spacial score (nSPS) is 17.0. The van der Waals surface area contributed by atoms with Gasteiger partial charge in [0.2, 0.25) is 0 Å². The summed E-state index contributed by atoms with van der Waals surface area (Å²) in [7, 11) is -3.60. The van der Waals surface area contributed by atoms with E-state index in [9.17, 15) is 17.6 Å². The number of allylic oxidation sites excluding steroid dienone is 2. The Morgan fingerprint density at radius 2 is 2.06 bits per heavy atom. The van der Waals surface area contributed by atoms with Crippen molar-refractivity contribution in [2.45, 2.75) is 6.42 Å². The summed E-state index contributed by atoms with van der Waals surface area (Å²) in [6, 6.07) is 11.7. The minimum Gasteiger partial charge on any atom is -0.342 e. The number of H-pyrrole nitrogens is 1. The van der Waals surface area contributed by atoms with Gasteiger partial charge in [-0.15, -0.1) is 4.40 Å². The van der Waals surface area contributed by atoms with Crippen molar-refractivity contribution in [3.8, 4) is 0 Å². The molecule has 162 valence electrons. The number of amidine groups is 1. The lowest BCUT2D eigenvalue weighted by Gasteiger charge is -2.28. The van der Waals surface area contributed by atoms with Crippen molar-refractivity contribution >= 4 is 38.5 Å². The number of hydrogen-bond donors (Lipinski definition) is 2. The molecular formula is C22H18FN5O3S. The summed E-state index contributed by atoms with van der Waals surface area (Å²) in [6.07, 6.45) is 5.22. The number of fused-ring (bicyclic) bond motifs is 2. The third kappa shape index (κ3) is 3.92. The Bertz CT molecular complexity index is 1440. The monoisotopic (exact) mass is 451 g/mol. The Balaban J connectivity index is 1.38. The lowest BCUT2D eigenvalue weighted by Crippen LogP contribution is -2.40. The van der Waals surface area contributed by atoms with Crippen LogP contribution in [-0.2, 0) is 21.2 Å². The molecule has 1 aromatic heterocycles. The van der Waals surface area contributed by atoms with Crippen molar-refractivity contribution in [3.63, 3.8) is 0 Å². The van der Waals surface area contributed by atoms with Crippen molar-refractivity contribution in [1.29, 1.82) is 0 Å². The first-order chi connectivity index (χ1) is 15.4. The number of aromatic amines is 1. The molecule has 0 bridgehead atoms. The molecule has 10 heteroatoms. The number of sulfonamides is 1. The summed E-state index contributed by atoms with van der Waals surface area (Å²) in [5.41, 5.74) is 2.57. The largest absolute Gasteiger partial charge is 0.342 e. The van der Waals surface area contributed by atoms with Gasteiger partial charge in [-0.2, -0.15) is 0 Å². The Kier molecular flexibility index (Phi) is 4.86. The van der Waals surface area contributed by atoms with Gasteiger partial charge in [-0.3, -0.25) is 4.79 Å². The van der Waals surface area contributed by atoms with E-state index in [0.717, 1.165) is 0 Å². The zero-order valence-electron chi connectivity index (χ0n) is 16.7. The summed E-state index contributed by atoms with van der Waals surface area (Å²) >= 11 is 0. The molecule has 5 rings (SSSR count). The maximum Gasteiger partial charge on any atom is 0.259 e. The Labute approximate surface area is 183 Å². The Morgan fingerprint density at radius 3 is 2.91 bits per heavy atom. The average Bonchev–Trinajstić information content (AvgIpc) is 3.16. The van der Waals surface area contributed by atoms with Crippen LogP contribution in [0.3, 0.4) is 0 Å². The number of carbonyl (C=O) groups excluding carboxylic acids is 1. The van der Waals surface area contributed by atoms with Gasteiger partial charge in [-0.25, -0.2) is 17.8 Å². The number of nitrogens with zero attached hydrogens (tertiary/aromatic N) is 3. The maximum absolute atomic E-state index is 13.9. The molecular weight excluding hydrogens is 433 g/mol. The van der Waals surface area contributed by atoms with Crippen LogP contribution in [0.25, 0.3) is 11.0 Å². The molecule has 2 aliphatic heterocycles. The average molecular weight is 451 g/mol. The van der Waals surface area contributed by atoms with Crippen molar-refractivity contribution in [2.24, 2.45) is 4.40 Å². The molecule has 0 saturated heterocycles. The number of anilines is 1. The van der Waals surface area contributed by atoms with E-state index in [1.807, 2.05) is 0 Å². The smallest absolute Gasteiger partial charge is 0.259 e. The molecule has 2 aromatic carbocycles. The Morgan fingerprint density at radius 1 is 1.22 bits per heavy atom. The highest BCUT2D eigenvalue weighted by atomic mass is 32.2. The SMILES string of the molecule is O=C(Nc1ccc2nc(Cc3ccccc3F)[nH]c2c1)C1=CC=CN2CCS(=O)(=O)N=C12. The van der Waals surface area contributed by atoms with Crippen LogP contribution in [0.15, 0.2) is 70.8 Å². The third-order valence-corrected chi connectivity index (χ3v) is 6.36. The highest BCUT2D eigenvalue weighted by Crippen LogP contribution is 2.22. The summed E-state index contributed by atoms with van der Waals surface area (Å²) in [5.74, 6) is -0.142. The molecule has 0 unspecified atom stereocenters. The molecule has 0 atom stereocenters. The van der Waals surface area contributed by atoms with Crippen LogP contribution in [0.4, 0.5) is 10.1 Å². The molecule has 8 nitrogen and oxygen atoms in total. The van der Waals surface area contributed by atoms with Crippen molar-refractivity contribution < 1.29 is 17.6 Å². The molecule has 2 aliphatic rings. The topological polar surface area (TPSA) is 108 Å². The number of nitrogens with one attached hydrogen (secondary N) is 2. The first kappa shape index (κ1) is 20.1. The molecule has 0 aliphatic carbocycles. The molecule has 32 heavy (non-hydrogen) atoms. The van der Waals surface area contributed by atoms with E-state index in [1.165, 1.54) is 12.1 Å². The van der Waals surface area contributed by atoms with Gasteiger partial charge in [0.05, 0.1) is 22.4 Å². The van der Waals surface area contributed by atoms with Crippen molar-refractivity contribution in [3.05, 3.63) is 83.6 Å². The first-order valence-electron chi connectivity index (χ1n) is 9.89. The molecule has 0 radical (unpaired) electrons.